The molecule has 0 unspecified atom stereocenters. The number of aromatic nitrogens is 2. The molecule has 2 aromatic carbocycles. The summed E-state index contributed by atoms with van der Waals surface area (Å²) >= 11 is 2.66. The zero-order chi connectivity index (χ0) is 22.1. The number of nitrogens with zero attached hydrogens (tertiary/aromatic N) is 2. The van der Waals surface area contributed by atoms with Gasteiger partial charge in [-0.25, -0.2) is 4.98 Å². The largest absolute Gasteiger partial charge is 0.325 e. The van der Waals surface area contributed by atoms with Crippen molar-refractivity contribution < 1.29 is 4.79 Å². The molecule has 0 fully saturated rings. The highest BCUT2D eigenvalue weighted by atomic mass is 32.2. The van der Waals surface area contributed by atoms with Gasteiger partial charge in [0.15, 0.2) is 5.16 Å². The van der Waals surface area contributed by atoms with Gasteiger partial charge in [-0.3, -0.25) is 14.2 Å². The number of amides is 1. The molecular weight excluding hydrogens is 426 g/mol. The first-order valence-electron chi connectivity index (χ1n) is 9.92. The Balaban J connectivity index is 1.68. The van der Waals surface area contributed by atoms with Crippen molar-refractivity contribution in [3.05, 3.63) is 80.5 Å². The number of rotatable bonds is 5. The van der Waals surface area contributed by atoms with Crippen molar-refractivity contribution in [1.29, 1.82) is 0 Å². The molecule has 4 aromatic rings. The van der Waals surface area contributed by atoms with Gasteiger partial charge in [-0.15, -0.1) is 11.3 Å². The van der Waals surface area contributed by atoms with Crippen LogP contribution in [0, 0.1) is 27.7 Å². The summed E-state index contributed by atoms with van der Waals surface area (Å²) < 4.78 is 2.25. The molecule has 0 saturated carbocycles. The predicted octanol–water partition coefficient (Wildman–Crippen LogP) is 5.41. The second-order valence-electron chi connectivity index (χ2n) is 7.54. The number of hydrogen-bond acceptors (Lipinski definition) is 5. The second-order valence-corrected chi connectivity index (χ2v) is 9.40. The quantitative estimate of drug-likeness (QED) is 0.327. The van der Waals surface area contributed by atoms with Crippen LogP contribution in [0.1, 0.15) is 22.3 Å². The normalized spacial score (nSPS) is 11.1. The van der Waals surface area contributed by atoms with Gasteiger partial charge in [0.25, 0.3) is 5.56 Å². The zero-order valence-electron chi connectivity index (χ0n) is 17.9. The molecule has 5 nitrogen and oxygen atoms in total. The predicted molar refractivity (Wildman–Crippen MR) is 130 cm³/mol. The summed E-state index contributed by atoms with van der Waals surface area (Å²) in [6.45, 7) is 7.97. The van der Waals surface area contributed by atoms with E-state index in [1.807, 2.05) is 75.5 Å². The number of thiophene rings is 1. The third-order valence-corrected chi connectivity index (χ3v) is 7.10. The molecule has 0 bridgehead atoms. The number of hydrogen-bond donors (Lipinski definition) is 1. The summed E-state index contributed by atoms with van der Waals surface area (Å²) in [5, 5.41) is 5.36. The number of nitrogens with one attached hydrogen (secondary N) is 1. The van der Waals surface area contributed by atoms with Gasteiger partial charge >= 0.3 is 0 Å². The number of fused-ring (bicyclic) bond motifs is 1. The van der Waals surface area contributed by atoms with E-state index in [1.54, 1.807) is 4.57 Å². The number of carbonyl (C=O) groups excluding carboxylic acids is 1. The summed E-state index contributed by atoms with van der Waals surface area (Å²) in [5.41, 5.74) is 6.36. The van der Waals surface area contributed by atoms with E-state index in [2.05, 4.69) is 5.32 Å². The molecule has 1 N–H and O–H groups in total. The summed E-state index contributed by atoms with van der Waals surface area (Å²) in [7, 11) is 0. The van der Waals surface area contributed by atoms with Crippen LogP contribution < -0.4 is 10.9 Å². The van der Waals surface area contributed by atoms with Crippen LogP contribution in [0.15, 0.2) is 57.8 Å². The van der Waals surface area contributed by atoms with Gasteiger partial charge in [0.05, 0.1) is 17.0 Å². The maximum absolute atomic E-state index is 13.3. The third-order valence-electron chi connectivity index (χ3n) is 5.27. The standard InChI is InChI=1S/C24H23N3O2S2/c1-14-8-9-16(3)19(12-14)25-21(28)13-31-24-26-18-10-11-30-22(18)23(29)27(24)20-7-5-6-15(2)17(20)4/h5-12H,13H2,1-4H3,(H,25,28). The lowest BCUT2D eigenvalue weighted by atomic mass is 10.1. The second kappa shape index (κ2) is 8.69. The lowest BCUT2D eigenvalue weighted by molar-refractivity contribution is -0.113. The Morgan fingerprint density at radius 3 is 2.71 bits per heavy atom. The number of aryl methyl sites for hydroxylation is 3. The summed E-state index contributed by atoms with van der Waals surface area (Å²) in [5.74, 6) is 0.0197. The van der Waals surface area contributed by atoms with Gasteiger partial charge < -0.3 is 5.32 Å². The van der Waals surface area contributed by atoms with Crippen LogP contribution in [0.4, 0.5) is 5.69 Å². The van der Waals surface area contributed by atoms with E-state index in [-0.39, 0.29) is 17.2 Å². The average molecular weight is 450 g/mol. The highest BCUT2D eigenvalue weighted by Crippen LogP contribution is 2.26. The number of anilines is 1. The van der Waals surface area contributed by atoms with Gasteiger partial charge in [0.1, 0.15) is 4.70 Å². The topological polar surface area (TPSA) is 64.0 Å². The SMILES string of the molecule is Cc1ccc(C)c(NC(=O)CSc2nc3ccsc3c(=O)n2-c2cccc(C)c2C)c1. The molecule has 0 aliphatic carbocycles. The van der Waals surface area contributed by atoms with Gasteiger partial charge in [-0.1, -0.05) is 36.0 Å². The maximum atomic E-state index is 13.3. The van der Waals surface area contributed by atoms with Crippen molar-refractivity contribution in [3.63, 3.8) is 0 Å². The minimum Gasteiger partial charge on any atom is -0.325 e. The van der Waals surface area contributed by atoms with Crippen molar-refractivity contribution in [3.8, 4) is 5.69 Å². The fraction of sp³-hybridized carbons (Fsp3) is 0.208. The average Bonchev–Trinajstić information content (AvgIpc) is 3.21. The fourth-order valence-corrected chi connectivity index (χ4v) is 4.93. The first-order valence-corrected chi connectivity index (χ1v) is 11.8. The third kappa shape index (κ3) is 4.29. The van der Waals surface area contributed by atoms with Crippen molar-refractivity contribution >= 4 is 44.9 Å². The Bertz CT molecular complexity index is 1350. The molecule has 4 rings (SSSR count). The Morgan fingerprint density at radius 2 is 1.90 bits per heavy atom. The molecule has 0 radical (unpaired) electrons. The Labute approximate surface area is 189 Å². The summed E-state index contributed by atoms with van der Waals surface area (Å²) in [6, 6.07) is 13.7. The molecule has 0 atom stereocenters. The molecule has 1 amide bonds. The number of carbonyl (C=O) groups is 1. The number of thioether (sulfide) groups is 1. The van der Waals surface area contributed by atoms with E-state index in [1.165, 1.54) is 23.1 Å². The van der Waals surface area contributed by atoms with Crippen LogP contribution in [-0.2, 0) is 4.79 Å². The van der Waals surface area contributed by atoms with Crippen LogP contribution in [0.3, 0.4) is 0 Å². The Hall–Kier alpha value is -2.90. The van der Waals surface area contributed by atoms with Crippen LogP contribution in [0.5, 0.6) is 0 Å². The molecule has 158 valence electrons. The zero-order valence-corrected chi connectivity index (χ0v) is 19.5. The first kappa shape index (κ1) is 21.3. The van der Waals surface area contributed by atoms with Gasteiger partial charge in [0, 0.05) is 5.69 Å². The monoisotopic (exact) mass is 449 g/mol. The Kier molecular flexibility index (Phi) is 5.98. The molecular formula is C24H23N3O2S2. The molecule has 0 spiro atoms. The first-order chi connectivity index (χ1) is 14.8. The van der Waals surface area contributed by atoms with Crippen LogP contribution >= 0.6 is 23.1 Å². The highest BCUT2D eigenvalue weighted by Gasteiger charge is 2.17. The molecule has 0 saturated heterocycles. The maximum Gasteiger partial charge on any atom is 0.276 e. The molecule has 2 aromatic heterocycles. The highest BCUT2D eigenvalue weighted by molar-refractivity contribution is 7.99. The minimum atomic E-state index is -0.133. The fourth-order valence-electron chi connectivity index (χ4n) is 3.37. The van der Waals surface area contributed by atoms with E-state index in [4.69, 9.17) is 4.98 Å². The van der Waals surface area contributed by atoms with Crippen LogP contribution in [0.2, 0.25) is 0 Å². The van der Waals surface area contributed by atoms with E-state index in [9.17, 15) is 9.59 Å². The van der Waals surface area contributed by atoms with Crippen LogP contribution in [0.25, 0.3) is 15.9 Å². The molecule has 0 aliphatic heterocycles. The van der Waals surface area contributed by atoms with E-state index >= 15 is 0 Å². The molecule has 0 aliphatic rings. The summed E-state index contributed by atoms with van der Waals surface area (Å²) in [4.78, 5) is 30.7. The van der Waals surface area contributed by atoms with Gasteiger partial charge in [0.2, 0.25) is 5.91 Å². The Morgan fingerprint density at radius 1 is 1.10 bits per heavy atom. The number of benzene rings is 2. The van der Waals surface area contributed by atoms with Crippen molar-refractivity contribution in [2.75, 3.05) is 11.1 Å². The van der Waals surface area contributed by atoms with Crippen molar-refractivity contribution in [1.82, 2.24) is 9.55 Å². The molecule has 7 heteroatoms. The van der Waals surface area contributed by atoms with Crippen molar-refractivity contribution in [2.45, 2.75) is 32.9 Å². The van der Waals surface area contributed by atoms with Crippen LogP contribution in [-0.4, -0.2) is 21.2 Å². The van der Waals surface area contributed by atoms with Gasteiger partial charge in [-0.05, 0) is 73.5 Å². The minimum absolute atomic E-state index is 0.105. The lowest BCUT2D eigenvalue weighted by Crippen LogP contribution is -2.23. The molecule has 31 heavy (non-hydrogen) atoms. The van der Waals surface area contributed by atoms with Crippen molar-refractivity contribution in [2.24, 2.45) is 0 Å². The lowest BCUT2D eigenvalue weighted by Gasteiger charge is -2.15. The summed E-state index contributed by atoms with van der Waals surface area (Å²) in [6.07, 6.45) is 0. The molecule has 2 heterocycles. The van der Waals surface area contributed by atoms with Gasteiger partial charge in [-0.2, -0.15) is 0 Å². The van der Waals surface area contributed by atoms with E-state index in [0.717, 1.165) is 33.6 Å². The van der Waals surface area contributed by atoms with E-state index < -0.39 is 0 Å². The smallest absolute Gasteiger partial charge is 0.276 e. The van der Waals surface area contributed by atoms with E-state index in [0.29, 0.717) is 15.4 Å².